The van der Waals surface area contributed by atoms with Gasteiger partial charge >= 0.3 is 0 Å². The predicted molar refractivity (Wildman–Crippen MR) is 94.2 cm³/mol. The summed E-state index contributed by atoms with van der Waals surface area (Å²) in [5.41, 5.74) is 1.23. The number of hydrogen-bond acceptors (Lipinski definition) is 1. The van der Waals surface area contributed by atoms with Gasteiger partial charge in [-0.2, -0.15) is 0 Å². The molecular weight excluding hydrogens is 268 g/mol. The van der Waals surface area contributed by atoms with Crippen molar-refractivity contribution in [2.75, 3.05) is 0 Å². The second kappa shape index (κ2) is 10.6. The van der Waals surface area contributed by atoms with E-state index in [0.29, 0.717) is 5.78 Å². The van der Waals surface area contributed by atoms with Crippen molar-refractivity contribution in [2.45, 2.75) is 89.4 Å². The van der Waals surface area contributed by atoms with Crippen LogP contribution in [0.2, 0.25) is 0 Å². The van der Waals surface area contributed by atoms with Gasteiger partial charge in [0.2, 0.25) is 0 Å². The lowest BCUT2D eigenvalue weighted by Crippen LogP contribution is -2.12. The molecule has 1 aromatic carbocycles. The number of rotatable bonds is 1. The molecule has 0 aliphatic heterocycles. The third-order valence-electron chi connectivity index (χ3n) is 5.01. The Balaban J connectivity index is 1.93. The molecule has 1 unspecified atom stereocenters. The van der Waals surface area contributed by atoms with E-state index in [1.807, 2.05) is 6.07 Å². The Labute approximate surface area is 136 Å². The van der Waals surface area contributed by atoms with Crippen molar-refractivity contribution in [1.82, 2.24) is 0 Å². The van der Waals surface area contributed by atoms with Crippen molar-refractivity contribution in [3.8, 4) is 0 Å². The highest BCUT2D eigenvalue weighted by atomic mass is 16.1. The SMILES string of the molecule is O=C1CCCCCCCCCCCCCC1c1ccccc1. The van der Waals surface area contributed by atoms with Crippen LogP contribution in [0.4, 0.5) is 0 Å². The molecule has 1 saturated carbocycles. The average Bonchev–Trinajstić information content (AvgIpc) is 2.56. The Kier molecular flexibility index (Phi) is 8.30. The Hall–Kier alpha value is -1.11. The monoisotopic (exact) mass is 300 g/mol. The molecular formula is C21H32O. The van der Waals surface area contributed by atoms with Gasteiger partial charge in [-0.05, 0) is 18.4 Å². The number of ketones is 1. The van der Waals surface area contributed by atoms with Crippen molar-refractivity contribution in [2.24, 2.45) is 0 Å². The van der Waals surface area contributed by atoms with Gasteiger partial charge < -0.3 is 0 Å². The molecule has 0 N–H and O–H groups in total. The lowest BCUT2D eigenvalue weighted by molar-refractivity contribution is -0.120. The predicted octanol–water partition coefficient (Wildman–Crippen LogP) is 6.42. The van der Waals surface area contributed by atoms with Crippen LogP contribution in [-0.2, 0) is 4.79 Å². The largest absolute Gasteiger partial charge is 0.299 e. The van der Waals surface area contributed by atoms with Gasteiger partial charge in [0.05, 0.1) is 0 Å². The molecule has 1 aliphatic rings. The van der Waals surface area contributed by atoms with E-state index < -0.39 is 0 Å². The number of Topliss-reactive ketones (excluding diaryl/α,β-unsaturated/α-hetero) is 1. The zero-order valence-electron chi connectivity index (χ0n) is 14.1. The lowest BCUT2D eigenvalue weighted by Gasteiger charge is -2.16. The molecule has 1 nitrogen and oxygen atoms in total. The van der Waals surface area contributed by atoms with E-state index in [2.05, 4.69) is 24.3 Å². The fourth-order valence-electron chi connectivity index (χ4n) is 3.61. The van der Waals surface area contributed by atoms with Crippen LogP contribution >= 0.6 is 0 Å². The standard InChI is InChI=1S/C21H32O/c22-21-18-14-9-7-5-3-1-2-4-6-8-13-17-20(21)19-15-11-10-12-16-19/h10-12,15-16,20H,1-9,13-14,17-18H2. The van der Waals surface area contributed by atoms with Gasteiger partial charge in [0.15, 0.2) is 0 Å². The summed E-state index contributed by atoms with van der Waals surface area (Å²) >= 11 is 0. The summed E-state index contributed by atoms with van der Waals surface area (Å²) in [7, 11) is 0. The maximum Gasteiger partial charge on any atom is 0.140 e. The average molecular weight is 300 g/mol. The molecule has 0 amide bonds. The summed E-state index contributed by atoms with van der Waals surface area (Å²) in [6, 6.07) is 10.4. The first kappa shape index (κ1) is 17.2. The summed E-state index contributed by atoms with van der Waals surface area (Å²) in [5.74, 6) is 0.618. The minimum absolute atomic E-state index is 0.145. The quantitative estimate of drug-likeness (QED) is 0.584. The summed E-state index contributed by atoms with van der Waals surface area (Å²) in [4.78, 5) is 12.7. The molecule has 1 fully saturated rings. The molecule has 1 aliphatic carbocycles. The van der Waals surface area contributed by atoms with Gasteiger partial charge in [0.1, 0.15) is 5.78 Å². The maximum atomic E-state index is 12.7. The first-order valence-electron chi connectivity index (χ1n) is 9.45. The minimum Gasteiger partial charge on any atom is -0.299 e. The topological polar surface area (TPSA) is 17.1 Å². The van der Waals surface area contributed by atoms with E-state index in [1.54, 1.807) is 0 Å². The van der Waals surface area contributed by atoms with E-state index in [-0.39, 0.29) is 5.92 Å². The highest BCUT2D eigenvalue weighted by molar-refractivity contribution is 5.85. The number of hydrogen-bond donors (Lipinski definition) is 0. The van der Waals surface area contributed by atoms with E-state index in [4.69, 9.17) is 0 Å². The van der Waals surface area contributed by atoms with Crippen LogP contribution in [0.1, 0.15) is 95.0 Å². The van der Waals surface area contributed by atoms with Gasteiger partial charge in [-0.1, -0.05) is 94.5 Å². The Morgan fingerprint density at radius 1 is 0.636 bits per heavy atom. The van der Waals surface area contributed by atoms with Crippen molar-refractivity contribution in [1.29, 1.82) is 0 Å². The molecule has 2 rings (SSSR count). The van der Waals surface area contributed by atoms with Crippen molar-refractivity contribution >= 4 is 5.78 Å². The number of carbonyl (C=O) groups is 1. The third-order valence-corrected chi connectivity index (χ3v) is 5.01. The van der Waals surface area contributed by atoms with Crippen molar-refractivity contribution in [3.63, 3.8) is 0 Å². The van der Waals surface area contributed by atoms with Crippen LogP contribution in [0.15, 0.2) is 30.3 Å². The number of carbonyl (C=O) groups excluding carboxylic acids is 1. The summed E-state index contributed by atoms with van der Waals surface area (Å²) in [6.45, 7) is 0. The summed E-state index contributed by atoms with van der Waals surface area (Å²) < 4.78 is 0. The van der Waals surface area contributed by atoms with Crippen LogP contribution in [-0.4, -0.2) is 5.78 Å². The van der Waals surface area contributed by atoms with Gasteiger partial charge in [-0.15, -0.1) is 0 Å². The van der Waals surface area contributed by atoms with E-state index in [1.165, 1.54) is 69.8 Å². The van der Waals surface area contributed by atoms with Gasteiger partial charge in [-0.25, -0.2) is 0 Å². The smallest absolute Gasteiger partial charge is 0.140 e. The molecule has 0 radical (unpaired) electrons. The first-order valence-corrected chi connectivity index (χ1v) is 9.45. The van der Waals surface area contributed by atoms with Crippen LogP contribution in [0.5, 0.6) is 0 Å². The Morgan fingerprint density at radius 3 is 1.73 bits per heavy atom. The molecule has 0 saturated heterocycles. The molecule has 0 heterocycles. The Bertz CT molecular complexity index is 409. The van der Waals surface area contributed by atoms with E-state index in [9.17, 15) is 4.79 Å². The highest BCUT2D eigenvalue weighted by Gasteiger charge is 2.19. The van der Waals surface area contributed by atoms with E-state index in [0.717, 1.165) is 19.3 Å². The molecule has 22 heavy (non-hydrogen) atoms. The van der Waals surface area contributed by atoms with Crippen LogP contribution in [0.3, 0.4) is 0 Å². The Morgan fingerprint density at radius 2 is 1.14 bits per heavy atom. The molecule has 0 aromatic heterocycles. The fraction of sp³-hybridized carbons (Fsp3) is 0.667. The zero-order valence-corrected chi connectivity index (χ0v) is 14.1. The first-order chi connectivity index (χ1) is 10.9. The molecule has 1 atom stereocenters. The third kappa shape index (κ3) is 6.34. The summed E-state index contributed by atoms with van der Waals surface area (Å²) in [5, 5.41) is 0. The molecule has 0 spiro atoms. The summed E-state index contributed by atoms with van der Waals surface area (Å²) in [6.07, 6.45) is 16.2. The normalized spacial score (nSPS) is 23.5. The van der Waals surface area contributed by atoms with Gasteiger partial charge in [0.25, 0.3) is 0 Å². The zero-order chi connectivity index (χ0) is 15.5. The minimum atomic E-state index is 0.145. The van der Waals surface area contributed by atoms with Crippen LogP contribution in [0.25, 0.3) is 0 Å². The maximum absolute atomic E-state index is 12.7. The lowest BCUT2D eigenvalue weighted by atomic mass is 9.87. The fourth-order valence-corrected chi connectivity index (χ4v) is 3.61. The molecule has 1 aromatic rings. The second-order valence-corrected chi connectivity index (χ2v) is 6.86. The van der Waals surface area contributed by atoms with Crippen molar-refractivity contribution in [3.05, 3.63) is 35.9 Å². The van der Waals surface area contributed by atoms with Crippen molar-refractivity contribution < 1.29 is 4.79 Å². The number of benzene rings is 1. The molecule has 0 bridgehead atoms. The molecule has 1 heteroatoms. The van der Waals surface area contributed by atoms with Crippen LogP contribution in [0, 0.1) is 0 Å². The van der Waals surface area contributed by atoms with Gasteiger partial charge in [-0.3, -0.25) is 4.79 Å². The van der Waals surface area contributed by atoms with Crippen LogP contribution < -0.4 is 0 Å². The molecule has 122 valence electrons. The van der Waals surface area contributed by atoms with E-state index >= 15 is 0 Å². The highest BCUT2D eigenvalue weighted by Crippen LogP contribution is 2.26. The van der Waals surface area contributed by atoms with Gasteiger partial charge in [0, 0.05) is 12.3 Å². The second-order valence-electron chi connectivity index (χ2n) is 6.86.